The summed E-state index contributed by atoms with van der Waals surface area (Å²) in [5, 5.41) is 4.11. The number of aromatic nitrogens is 2. The summed E-state index contributed by atoms with van der Waals surface area (Å²) in [5.74, 6) is 1.01. The Labute approximate surface area is 96.6 Å². The van der Waals surface area contributed by atoms with Crippen molar-refractivity contribution in [1.29, 1.82) is 0 Å². The summed E-state index contributed by atoms with van der Waals surface area (Å²) in [6.07, 6.45) is 2.88. The number of Topliss-reactive ketones (excluding diaryl/α,β-unsaturated/α-hetero) is 1. The zero-order valence-electron chi connectivity index (χ0n) is 10.7. The van der Waals surface area contributed by atoms with Gasteiger partial charge in [0, 0.05) is 18.9 Å². The van der Waals surface area contributed by atoms with Crippen LogP contribution in [0, 0.1) is 5.41 Å². The molecule has 0 bridgehead atoms. The maximum atomic E-state index is 11.8. The van der Waals surface area contributed by atoms with Gasteiger partial charge in [-0.3, -0.25) is 9.48 Å². The maximum absolute atomic E-state index is 11.8. The van der Waals surface area contributed by atoms with Crippen molar-refractivity contribution in [2.24, 2.45) is 12.5 Å². The highest BCUT2D eigenvalue weighted by Crippen LogP contribution is 2.22. The minimum absolute atomic E-state index is 0.260. The quantitative estimate of drug-likeness (QED) is 0.785. The maximum Gasteiger partial charge on any atom is 0.159 e. The molecular formula is C12H20N2O2. The third-order valence-electron chi connectivity index (χ3n) is 2.67. The van der Waals surface area contributed by atoms with Gasteiger partial charge in [0.05, 0.1) is 19.0 Å². The predicted molar refractivity (Wildman–Crippen MR) is 62.5 cm³/mol. The number of nitrogens with zero attached hydrogens (tertiary/aromatic N) is 2. The minimum atomic E-state index is -0.272. The van der Waals surface area contributed by atoms with Gasteiger partial charge in [-0.1, -0.05) is 20.8 Å². The van der Waals surface area contributed by atoms with Crippen molar-refractivity contribution in [3.05, 3.63) is 11.9 Å². The molecule has 90 valence electrons. The third-order valence-corrected chi connectivity index (χ3v) is 2.67. The molecule has 0 aromatic carbocycles. The fraction of sp³-hybridized carbons (Fsp3) is 0.667. The van der Waals surface area contributed by atoms with Gasteiger partial charge < -0.3 is 4.74 Å². The standard InChI is InChI=1S/C12H20N2O2/c1-12(2,3)11(15)7-6-9-10(16-5)8-13-14(9)4/h8H,6-7H2,1-5H3. The van der Waals surface area contributed by atoms with Gasteiger partial charge in [-0.05, 0) is 6.42 Å². The Bertz CT molecular complexity index is 375. The fourth-order valence-electron chi connectivity index (χ4n) is 1.51. The average molecular weight is 224 g/mol. The summed E-state index contributed by atoms with van der Waals surface area (Å²) < 4.78 is 6.95. The van der Waals surface area contributed by atoms with Gasteiger partial charge in [0.15, 0.2) is 5.75 Å². The Morgan fingerprint density at radius 2 is 2.12 bits per heavy atom. The lowest BCUT2D eigenvalue weighted by atomic mass is 9.88. The van der Waals surface area contributed by atoms with Crippen LogP contribution in [0.5, 0.6) is 5.75 Å². The van der Waals surface area contributed by atoms with E-state index in [1.807, 2.05) is 27.8 Å². The highest BCUT2D eigenvalue weighted by molar-refractivity contribution is 5.83. The zero-order chi connectivity index (χ0) is 12.3. The molecule has 0 amide bonds. The molecular weight excluding hydrogens is 204 g/mol. The monoisotopic (exact) mass is 224 g/mol. The molecule has 1 aromatic heterocycles. The van der Waals surface area contributed by atoms with Crippen molar-refractivity contribution < 1.29 is 9.53 Å². The number of hydrogen-bond acceptors (Lipinski definition) is 3. The first-order chi connectivity index (χ1) is 7.36. The van der Waals surface area contributed by atoms with Gasteiger partial charge in [-0.25, -0.2) is 0 Å². The van der Waals surface area contributed by atoms with Crippen LogP contribution in [-0.4, -0.2) is 22.7 Å². The van der Waals surface area contributed by atoms with Gasteiger partial charge in [-0.2, -0.15) is 5.10 Å². The number of carbonyl (C=O) groups is 1. The van der Waals surface area contributed by atoms with E-state index in [1.54, 1.807) is 18.0 Å². The molecule has 0 atom stereocenters. The molecule has 0 radical (unpaired) electrons. The number of ether oxygens (including phenoxy) is 1. The summed E-state index contributed by atoms with van der Waals surface area (Å²) in [7, 11) is 3.48. The van der Waals surface area contributed by atoms with Crippen LogP contribution < -0.4 is 4.74 Å². The lowest BCUT2D eigenvalue weighted by Gasteiger charge is -2.16. The molecule has 0 aliphatic heterocycles. The molecule has 1 rings (SSSR count). The lowest BCUT2D eigenvalue weighted by molar-refractivity contribution is -0.126. The first kappa shape index (κ1) is 12.7. The topological polar surface area (TPSA) is 44.1 Å². The van der Waals surface area contributed by atoms with E-state index in [0.29, 0.717) is 12.8 Å². The summed E-state index contributed by atoms with van der Waals surface area (Å²) >= 11 is 0. The number of hydrogen-bond donors (Lipinski definition) is 0. The Balaban J connectivity index is 2.68. The zero-order valence-corrected chi connectivity index (χ0v) is 10.7. The van der Waals surface area contributed by atoms with Crippen molar-refractivity contribution in [1.82, 2.24) is 9.78 Å². The SMILES string of the molecule is COc1cnn(C)c1CCC(=O)C(C)(C)C. The van der Waals surface area contributed by atoms with Crippen LogP contribution in [0.2, 0.25) is 0 Å². The van der Waals surface area contributed by atoms with Crippen LogP contribution in [0.3, 0.4) is 0 Å². The minimum Gasteiger partial charge on any atom is -0.493 e. The van der Waals surface area contributed by atoms with Crippen molar-refractivity contribution >= 4 is 5.78 Å². The Hall–Kier alpha value is -1.32. The number of carbonyl (C=O) groups excluding carboxylic acids is 1. The van der Waals surface area contributed by atoms with E-state index in [2.05, 4.69) is 5.10 Å². The van der Waals surface area contributed by atoms with E-state index in [4.69, 9.17) is 4.74 Å². The highest BCUT2D eigenvalue weighted by Gasteiger charge is 2.21. The molecule has 0 N–H and O–H groups in total. The molecule has 4 heteroatoms. The first-order valence-electron chi connectivity index (χ1n) is 5.44. The molecule has 0 aliphatic rings. The molecule has 0 saturated heterocycles. The second-order valence-corrected chi connectivity index (χ2v) is 4.96. The van der Waals surface area contributed by atoms with Crippen molar-refractivity contribution in [3.63, 3.8) is 0 Å². The predicted octanol–water partition coefficient (Wildman–Crippen LogP) is 1.98. The van der Waals surface area contributed by atoms with Crippen LogP contribution in [0.1, 0.15) is 32.9 Å². The molecule has 1 aromatic rings. The largest absolute Gasteiger partial charge is 0.493 e. The normalized spacial score (nSPS) is 11.6. The van der Waals surface area contributed by atoms with Gasteiger partial charge in [0.25, 0.3) is 0 Å². The molecule has 0 aliphatic carbocycles. The second-order valence-electron chi connectivity index (χ2n) is 4.96. The van der Waals surface area contributed by atoms with Gasteiger partial charge >= 0.3 is 0 Å². The molecule has 0 unspecified atom stereocenters. The Morgan fingerprint density at radius 1 is 1.50 bits per heavy atom. The molecule has 0 spiro atoms. The van der Waals surface area contributed by atoms with Crippen LogP contribution in [0.4, 0.5) is 0 Å². The third kappa shape index (κ3) is 2.84. The second kappa shape index (κ2) is 4.68. The summed E-state index contributed by atoms with van der Waals surface area (Å²) in [5.41, 5.74) is 0.700. The molecule has 16 heavy (non-hydrogen) atoms. The average Bonchev–Trinajstić information content (AvgIpc) is 2.54. The molecule has 0 saturated carbocycles. The van der Waals surface area contributed by atoms with E-state index in [-0.39, 0.29) is 11.2 Å². The summed E-state index contributed by atoms with van der Waals surface area (Å²) in [6.45, 7) is 5.82. The van der Waals surface area contributed by atoms with Crippen molar-refractivity contribution in [3.8, 4) is 5.75 Å². The van der Waals surface area contributed by atoms with Crippen LogP contribution in [0.15, 0.2) is 6.20 Å². The van der Waals surface area contributed by atoms with E-state index in [9.17, 15) is 4.79 Å². The molecule has 1 heterocycles. The Morgan fingerprint density at radius 3 is 2.62 bits per heavy atom. The highest BCUT2D eigenvalue weighted by atomic mass is 16.5. The number of methoxy groups -OCH3 is 1. The van der Waals surface area contributed by atoms with Gasteiger partial charge in [0.1, 0.15) is 5.78 Å². The van der Waals surface area contributed by atoms with Gasteiger partial charge in [0.2, 0.25) is 0 Å². The van der Waals surface area contributed by atoms with E-state index in [1.165, 1.54) is 0 Å². The first-order valence-corrected chi connectivity index (χ1v) is 5.44. The summed E-state index contributed by atoms with van der Waals surface area (Å²) in [4.78, 5) is 11.8. The van der Waals surface area contributed by atoms with E-state index in [0.717, 1.165) is 11.4 Å². The van der Waals surface area contributed by atoms with Crippen molar-refractivity contribution in [2.45, 2.75) is 33.6 Å². The van der Waals surface area contributed by atoms with Gasteiger partial charge in [-0.15, -0.1) is 0 Å². The summed E-state index contributed by atoms with van der Waals surface area (Å²) in [6, 6.07) is 0. The van der Waals surface area contributed by atoms with Crippen molar-refractivity contribution in [2.75, 3.05) is 7.11 Å². The van der Waals surface area contributed by atoms with Crippen LogP contribution >= 0.6 is 0 Å². The molecule has 0 fully saturated rings. The Kier molecular flexibility index (Phi) is 3.73. The van der Waals surface area contributed by atoms with E-state index >= 15 is 0 Å². The smallest absolute Gasteiger partial charge is 0.159 e. The van der Waals surface area contributed by atoms with Crippen LogP contribution in [-0.2, 0) is 18.3 Å². The number of rotatable bonds is 4. The van der Waals surface area contributed by atoms with Crippen LogP contribution in [0.25, 0.3) is 0 Å². The van der Waals surface area contributed by atoms with E-state index < -0.39 is 0 Å². The lowest BCUT2D eigenvalue weighted by Crippen LogP contribution is -2.20. The molecule has 4 nitrogen and oxygen atoms in total. The number of aryl methyl sites for hydroxylation is 1. The fourth-order valence-corrected chi connectivity index (χ4v) is 1.51. The number of ketones is 1.